The molecule has 2 nitrogen and oxygen atoms in total. The standard InChI is InChI=1S/C22H22FNO/c23-22-9-5-4-8-20(22)14-15-24-16-18-10-12-21(13-11-18)25-17-19-6-2-1-3-7-19/h1-13,24H,14-17H2. The minimum Gasteiger partial charge on any atom is -0.489 e. The number of nitrogens with one attached hydrogen (secondary N) is 1. The van der Waals surface area contributed by atoms with E-state index in [0.717, 1.165) is 30.0 Å². The van der Waals surface area contributed by atoms with E-state index in [4.69, 9.17) is 4.74 Å². The molecule has 0 saturated carbocycles. The Morgan fingerprint density at radius 3 is 2.24 bits per heavy atom. The maximum atomic E-state index is 13.5. The summed E-state index contributed by atoms with van der Waals surface area (Å²) < 4.78 is 19.3. The predicted molar refractivity (Wildman–Crippen MR) is 99.0 cm³/mol. The van der Waals surface area contributed by atoms with Gasteiger partial charge in [-0.05, 0) is 47.9 Å². The molecular formula is C22H22FNO. The topological polar surface area (TPSA) is 21.3 Å². The van der Waals surface area contributed by atoms with Gasteiger partial charge in [0.05, 0.1) is 0 Å². The van der Waals surface area contributed by atoms with Crippen molar-refractivity contribution in [2.45, 2.75) is 19.6 Å². The smallest absolute Gasteiger partial charge is 0.126 e. The van der Waals surface area contributed by atoms with Crippen molar-refractivity contribution in [3.63, 3.8) is 0 Å². The fraction of sp³-hybridized carbons (Fsp3) is 0.182. The van der Waals surface area contributed by atoms with Crippen LogP contribution >= 0.6 is 0 Å². The van der Waals surface area contributed by atoms with Gasteiger partial charge in [-0.15, -0.1) is 0 Å². The van der Waals surface area contributed by atoms with Gasteiger partial charge in [0.15, 0.2) is 0 Å². The van der Waals surface area contributed by atoms with Gasteiger partial charge in [-0.3, -0.25) is 0 Å². The van der Waals surface area contributed by atoms with Crippen molar-refractivity contribution >= 4 is 0 Å². The fourth-order valence-corrected chi connectivity index (χ4v) is 2.60. The van der Waals surface area contributed by atoms with E-state index in [1.54, 1.807) is 6.07 Å². The van der Waals surface area contributed by atoms with Crippen LogP contribution in [0.2, 0.25) is 0 Å². The Hall–Kier alpha value is -2.65. The van der Waals surface area contributed by atoms with Crippen LogP contribution < -0.4 is 10.1 Å². The van der Waals surface area contributed by atoms with E-state index in [-0.39, 0.29) is 5.82 Å². The van der Waals surface area contributed by atoms with Gasteiger partial charge in [0.1, 0.15) is 18.2 Å². The lowest BCUT2D eigenvalue weighted by Gasteiger charge is -2.09. The van der Waals surface area contributed by atoms with E-state index in [1.165, 1.54) is 11.6 Å². The van der Waals surface area contributed by atoms with Gasteiger partial charge in [0, 0.05) is 6.54 Å². The predicted octanol–water partition coefficient (Wildman–Crippen LogP) is 4.74. The minimum absolute atomic E-state index is 0.135. The first kappa shape index (κ1) is 17.2. The summed E-state index contributed by atoms with van der Waals surface area (Å²) in [4.78, 5) is 0. The molecule has 0 atom stereocenters. The summed E-state index contributed by atoms with van der Waals surface area (Å²) in [6, 6.07) is 25.1. The molecule has 1 N–H and O–H groups in total. The minimum atomic E-state index is -0.135. The van der Waals surface area contributed by atoms with E-state index >= 15 is 0 Å². The molecule has 0 amide bonds. The number of hydrogen-bond acceptors (Lipinski definition) is 2. The monoisotopic (exact) mass is 335 g/mol. The van der Waals surface area contributed by atoms with Crippen LogP contribution in [0.4, 0.5) is 4.39 Å². The molecular weight excluding hydrogens is 313 g/mol. The highest BCUT2D eigenvalue weighted by Crippen LogP contribution is 2.14. The average molecular weight is 335 g/mol. The molecule has 3 rings (SSSR count). The van der Waals surface area contributed by atoms with Gasteiger partial charge >= 0.3 is 0 Å². The maximum absolute atomic E-state index is 13.5. The number of benzene rings is 3. The third-order valence-corrected chi connectivity index (χ3v) is 4.03. The molecule has 3 heteroatoms. The summed E-state index contributed by atoms with van der Waals surface area (Å²) >= 11 is 0. The van der Waals surface area contributed by atoms with E-state index in [1.807, 2.05) is 54.6 Å². The van der Waals surface area contributed by atoms with Crippen molar-refractivity contribution < 1.29 is 9.13 Å². The molecule has 3 aromatic carbocycles. The van der Waals surface area contributed by atoms with Crippen LogP contribution in [-0.2, 0) is 19.6 Å². The number of hydrogen-bond donors (Lipinski definition) is 1. The second-order valence-electron chi connectivity index (χ2n) is 5.94. The zero-order valence-corrected chi connectivity index (χ0v) is 14.1. The largest absolute Gasteiger partial charge is 0.489 e. The van der Waals surface area contributed by atoms with Crippen LogP contribution in [0, 0.1) is 5.82 Å². The van der Waals surface area contributed by atoms with Crippen LogP contribution in [0.25, 0.3) is 0 Å². The van der Waals surface area contributed by atoms with Crippen molar-refractivity contribution in [3.05, 3.63) is 101 Å². The highest BCUT2D eigenvalue weighted by Gasteiger charge is 2.00. The average Bonchev–Trinajstić information content (AvgIpc) is 2.67. The molecule has 0 aliphatic rings. The van der Waals surface area contributed by atoms with Crippen LogP contribution in [0.15, 0.2) is 78.9 Å². The Labute approximate surface area is 148 Å². The van der Waals surface area contributed by atoms with Crippen LogP contribution in [0.1, 0.15) is 16.7 Å². The molecule has 0 spiro atoms. The quantitative estimate of drug-likeness (QED) is 0.601. The third-order valence-electron chi connectivity index (χ3n) is 4.03. The number of rotatable bonds is 8. The molecule has 0 aliphatic heterocycles. The van der Waals surface area contributed by atoms with Gasteiger partial charge in [0.25, 0.3) is 0 Å². The van der Waals surface area contributed by atoms with E-state index in [2.05, 4.69) is 17.4 Å². The van der Waals surface area contributed by atoms with Crippen LogP contribution in [-0.4, -0.2) is 6.54 Å². The van der Waals surface area contributed by atoms with Crippen molar-refractivity contribution in [3.8, 4) is 5.75 Å². The van der Waals surface area contributed by atoms with Gasteiger partial charge in [-0.25, -0.2) is 4.39 Å². The maximum Gasteiger partial charge on any atom is 0.126 e. The molecule has 0 saturated heterocycles. The molecule has 0 aromatic heterocycles. The first-order chi connectivity index (χ1) is 12.3. The second kappa shape index (κ2) is 9.00. The van der Waals surface area contributed by atoms with Gasteiger partial charge in [-0.2, -0.15) is 0 Å². The summed E-state index contributed by atoms with van der Waals surface area (Å²) in [6.07, 6.45) is 0.685. The van der Waals surface area contributed by atoms with Crippen molar-refractivity contribution in [2.24, 2.45) is 0 Å². The Balaban J connectivity index is 1.41. The molecule has 3 aromatic rings. The highest BCUT2D eigenvalue weighted by atomic mass is 19.1. The molecule has 0 bridgehead atoms. The lowest BCUT2D eigenvalue weighted by Crippen LogP contribution is -2.17. The highest BCUT2D eigenvalue weighted by molar-refractivity contribution is 5.28. The SMILES string of the molecule is Fc1ccccc1CCNCc1ccc(OCc2ccccc2)cc1. The molecule has 0 unspecified atom stereocenters. The first-order valence-corrected chi connectivity index (χ1v) is 8.51. The zero-order chi connectivity index (χ0) is 17.3. The second-order valence-corrected chi connectivity index (χ2v) is 5.94. The van der Waals surface area contributed by atoms with Crippen LogP contribution in [0.5, 0.6) is 5.75 Å². The Bertz CT molecular complexity index is 772. The molecule has 0 aliphatic carbocycles. The van der Waals surface area contributed by atoms with Crippen molar-refractivity contribution in [1.82, 2.24) is 5.32 Å². The summed E-state index contributed by atoms with van der Waals surface area (Å²) in [7, 11) is 0. The number of halogens is 1. The third kappa shape index (κ3) is 5.44. The summed E-state index contributed by atoms with van der Waals surface area (Å²) in [6.45, 7) is 2.07. The van der Waals surface area contributed by atoms with Crippen molar-refractivity contribution in [1.29, 1.82) is 0 Å². The van der Waals surface area contributed by atoms with E-state index in [9.17, 15) is 4.39 Å². The normalized spacial score (nSPS) is 10.6. The molecule has 0 fully saturated rings. The first-order valence-electron chi connectivity index (χ1n) is 8.51. The van der Waals surface area contributed by atoms with Gasteiger partial charge < -0.3 is 10.1 Å². The molecule has 0 radical (unpaired) electrons. The fourth-order valence-electron chi connectivity index (χ4n) is 2.60. The summed E-state index contributed by atoms with van der Waals surface area (Å²) in [5.41, 5.74) is 3.08. The molecule has 25 heavy (non-hydrogen) atoms. The summed E-state index contributed by atoms with van der Waals surface area (Å²) in [5, 5.41) is 3.35. The molecule has 0 heterocycles. The molecule has 128 valence electrons. The Morgan fingerprint density at radius 2 is 1.48 bits per heavy atom. The number of ether oxygens (including phenoxy) is 1. The van der Waals surface area contributed by atoms with E-state index < -0.39 is 0 Å². The van der Waals surface area contributed by atoms with Gasteiger partial charge in [-0.1, -0.05) is 60.7 Å². The zero-order valence-electron chi connectivity index (χ0n) is 14.1. The summed E-state index contributed by atoms with van der Waals surface area (Å²) in [5.74, 6) is 0.725. The Morgan fingerprint density at radius 1 is 0.760 bits per heavy atom. The Kier molecular flexibility index (Phi) is 6.18. The van der Waals surface area contributed by atoms with E-state index in [0.29, 0.717) is 13.0 Å². The van der Waals surface area contributed by atoms with Gasteiger partial charge in [0.2, 0.25) is 0 Å². The lowest BCUT2D eigenvalue weighted by atomic mass is 10.1. The van der Waals surface area contributed by atoms with Crippen molar-refractivity contribution in [2.75, 3.05) is 6.54 Å². The van der Waals surface area contributed by atoms with Crippen LogP contribution in [0.3, 0.4) is 0 Å². The lowest BCUT2D eigenvalue weighted by molar-refractivity contribution is 0.306.